The van der Waals surface area contributed by atoms with Crippen molar-refractivity contribution in [3.8, 4) is 11.4 Å². The summed E-state index contributed by atoms with van der Waals surface area (Å²) in [5.74, 6) is 1.68. The first kappa shape index (κ1) is 10.7. The molecule has 0 unspecified atom stereocenters. The van der Waals surface area contributed by atoms with Crippen molar-refractivity contribution in [2.45, 2.75) is 13.5 Å². The number of methoxy groups -OCH3 is 1. The summed E-state index contributed by atoms with van der Waals surface area (Å²) >= 11 is 0. The fraction of sp³-hybridized carbons (Fsp3) is 0.250. The van der Waals surface area contributed by atoms with Gasteiger partial charge in [-0.15, -0.1) is 0 Å². The molecule has 0 aliphatic heterocycles. The molecular weight excluding hydrogens is 202 g/mol. The van der Waals surface area contributed by atoms with Crippen molar-refractivity contribution in [3.63, 3.8) is 0 Å². The van der Waals surface area contributed by atoms with E-state index in [-0.39, 0.29) is 0 Å². The Hall–Kier alpha value is -1.81. The highest BCUT2D eigenvalue weighted by Crippen LogP contribution is 2.19. The molecule has 2 rings (SSSR count). The van der Waals surface area contributed by atoms with Crippen LogP contribution in [0.4, 0.5) is 0 Å². The molecule has 1 aromatic heterocycles. The minimum absolute atomic E-state index is 0.422. The first-order chi connectivity index (χ1) is 7.76. The quantitative estimate of drug-likeness (QED) is 0.850. The monoisotopic (exact) mass is 217 g/mol. The van der Waals surface area contributed by atoms with E-state index in [0.29, 0.717) is 6.54 Å². The summed E-state index contributed by atoms with van der Waals surface area (Å²) in [6.07, 6.45) is 1.82. The van der Waals surface area contributed by atoms with Crippen molar-refractivity contribution < 1.29 is 4.74 Å². The summed E-state index contributed by atoms with van der Waals surface area (Å²) in [5, 5.41) is 0. The van der Waals surface area contributed by atoms with Gasteiger partial charge < -0.3 is 10.5 Å². The van der Waals surface area contributed by atoms with Gasteiger partial charge in [0.2, 0.25) is 0 Å². The average molecular weight is 217 g/mol. The largest absolute Gasteiger partial charge is 0.497 e. The molecule has 0 bridgehead atoms. The fourth-order valence-corrected chi connectivity index (χ4v) is 1.73. The van der Waals surface area contributed by atoms with Crippen LogP contribution in [-0.4, -0.2) is 16.7 Å². The van der Waals surface area contributed by atoms with Gasteiger partial charge in [-0.2, -0.15) is 0 Å². The van der Waals surface area contributed by atoms with E-state index in [1.165, 1.54) is 0 Å². The second-order valence-electron chi connectivity index (χ2n) is 3.56. The second kappa shape index (κ2) is 4.37. The lowest BCUT2D eigenvalue weighted by molar-refractivity contribution is 0.414. The Bertz CT molecular complexity index is 491. The maximum atomic E-state index is 5.66. The van der Waals surface area contributed by atoms with Crippen molar-refractivity contribution in [1.82, 2.24) is 9.55 Å². The zero-order valence-electron chi connectivity index (χ0n) is 9.47. The average Bonchev–Trinajstić information content (AvgIpc) is 2.70. The highest BCUT2D eigenvalue weighted by molar-refractivity contribution is 5.41. The van der Waals surface area contributed by atoms with E-state index in [9.17, 15) is 0 Å². The summed E-state index contributed by atoms with van der Waals surface area (Å²) in [6, 6.07) is 7.84. The van der Waals surface area contributed by atoms with Gasteiger partial charge in [0.25, 0.3) is 0 Å². The van der Waals surface area contributed by atoms with Gasteiger partial charge in [0.15, 0.2) is 0 Å². The van der Waals surface area contributed by atoms with Gasteiger partial charge in [-0.1, -0.05) is 6.07 Å². The Morgan fingerprint density at radius 2 is 2.25 bits per heavy atom. The van der Waals surface area contributed by atoms with Gasteiger partial charge in [0.05, 0.1) is 19.3 Å². The molecule has 4 heteroatoms. The second-order valence-corrected chi connectivity index (χ2v) is 3.56. The lowest BCUT2D eigenvalue weighted by atomic mass is 10.3. The molecule has 0 aliphatic carbocycles. The Morgan fingerprint density at radius 3 is 2.94 bits per heavy atom. The number of hydrogen-bond donors (Lipinski definition) is 1. The van der Waals surface area contributed by atoms with Crippen LogP contribution in [0.1, 0.15) is 11.5 Å². The molecule has 4 nitrogen and oxygen atoms in total. The molecule has 1 heterocycles. The number of benzene rings is 1. The minimum atomic E-state index is 0.422. The van der Waals surface area contributed by atoms with E-state index in [1.807, 2.05) is 42.0 Å². The predicted octanol–water partition coefficient (Wildman–Crippen LogP) is 1.65. The van der Waals surface area contributed by atoms with Crippen LogP contribution in [0.2, 0.25) is 0 Å². The van der Waals surface area contributed by atoms with Crippen LogP contribution in [0.3, 0.4) is 0 Å². The Kier molecular flexibility index (Phi) is 2.92. The highest BCUT2D eigenvalue weighted by Gasteiger charge is 2.07. The van der Waals surface area contributed by atoms with Crippen molar-refractivity contribution in [2.75, 3.05) is 7.11 Å². The van der Waals surface area contributed by atoms with Crippen LogP contribution in [0.5, 0.6) is 5.75 Å². The molecule has 0 amide bonds. The molecular formula is C12H15N3O. The van der Waals surface area contributed by atoms with E-state index >= 15 is 0 Å². The van der Waals surface area contributed by atoms with E-state index in [2.05, 4.69) is 4.98 Å². The Balaban J connectivity index is 2.53. The van der Waals surface area contributed by atoms with Gasteiger partial charge in [-0.3, -0.25) is 4.57 Å². The summed E-state index contributed by atoms with van der Waals surface area (Å²) in [4.78, 5) is 4.26. The van der Waals surface area contributed by atoms with Crippen LogP contribution in [0.15, 0.2) is 30.5 Å². The van der Waals surface area contributed by atoms with Crippen LogP contribution < -0.4 is 10.5 Å². The third kappa shape index (κ3) is 1.79. The molecule has 84 valence electrons. The number of nitrogens with zero attached hydrogens (tertiary/aromatic N) is 2. The maximum absolute atomic E-state index is 5.66. The smallest absolute Gasteiger partial charge is 0.127 e. The van der Waals surface area contributed by atoms with Crippen molar-refractivity contribution in [2.24, 2.45) is 5.73 Å². The topological polar surface area (TPSA) is 53.1 Å². The first-order valence-electron chi connectivity index (χ1n) is 5.14. The maximum Gasteiger partial charge on any atom is 0.127 e. The van der Waals surface area contributed by atoms with E-state index in [1.54, 1.807) is 7.11 Å². The number of nitrogens with two attached hydrogens (primary N) is 1. The molecule has 2 N–H and O–H groups in total. The Morgan fingerprint density at radius 1 is 1.44 bits per heavy atom. The van der Waals surface area contributed by atoms with E-state index in [0.717, 1.165) is 23.0 Å². The van der Waals surface area contributed by atoms with Crippen LogP contribution in [0, 0.1) is 6.92 Å². The van der Waals surface area contributed by atoms with Crippen molar-refractivity contribution >= 4 is 0 Å². The summed E-state index contributed by atoms with van der Waals surface area (Å²) in [5.41, 5.74) is 7.74. The van der Waals surface area contributed by atoms with Gasteiger partial charge in [0.1, 0.15) is 11.6 Å². The van der Waals surface area contributed by atoms with Gasteiger partial charge in [-0.25, -0.2) is 4.98 Å². The third-order valence-electron chi connectivity index (χ3n) is 2.51. The predicted molar refractivity (Wildman–Crippen MR) is 62.7 cm³/mol. The number of ether oxygens (including phenoxy) is 1. The first-order valence-corrected chi connectivity index (χ1v) is 5.14. The molecule has 0 spiro atoms. The number of aromatic nitrogens is 2. The van der Waals surface area contributed by atoms with E-state index < -0.39 is 0 Å². The minimum Gasteiger partial charge on any atom is -0.497 e. The summed E-state index contributed by atoms with van der Waals surface area (Å²) in [6.45, 7) is 2.43. The molecule has 0 atom stereocenters. The van der Waals surface area contributed by atoms with Crippen LogP contribution >= 0.6 is 0 Å². The molecule has 0 radical (unpaired) electrons. The number of aryl methyl sites for hydroxylation is 1. The van der Waals surface area contributed by atoms with Gasteiger partial charge >= 0.3 is 0 Å². The third-order valence-corrected chi connectivity index (χ3v) is 2.51. The molecule has 16 heavy (non-hydrogen) atoms. The molecule has 2 aromatic rings. The lowest BCUT2D eigenvalue weighted by Crippen LogP contribution is -2.07. The molecule has 0 saturated heterocycles. The van der Waals surface area contributed by atoms with Gasteiger partial charge in [-0.05, 0) is 19.1 Å². The molecule has 0 aliphatic rings. The van der Waals surface area contributed by atoms with Crippen molar-refractivity contribution in [1.29, 1.82) is 0 Å². The van der Waals surface area contributed by atoms with Crippen LogP contribution in [-0.2, 0) is 6.54 Å². The standard InChI is InChI=1S/C12H15N3O/c1-9-8-14-12(7-13)15(9)10-4-3-5-11(6-10)16-2/h3-6,8H,7,13H2,1-2H3. The molecule has 0 fully saturated rings. The van der Waals surface area contributed by atoms with E-state index in [4.69, 9.17) is 10.5 Å². The zero-order valence-corrected chi connectivity index (χ0v) is 9.47. The fourth-order valence-electron chi connectivity index (χ4n) is 1.73. The number of hydrogen-bond acceptors (Lipinski definition) is 3. The Labute approximate surface area is 94.7 Å². The number of rotatable bonds is 3. The van der Waals surface area contributed by atoms with Crippen LogP contribution in [0.25, 0.3) is 5.69 Å². The molecule has 0 saturated carbocycles. The summed E-state index contributed by atoms with van der Waals surface area (Å²) < 4.78 is 7.23. The SMILES string of the molecule is COc1cccc(-n2c(C)cnc2CN)c1. The number of imidazole rings is 1. The zero-order chi connectivity index (χ0) is 11.5. The normalized spacial score (nSPS) is 10.4. The highest BCUT2D eigenvalue weighted by atomic mass is 16.5. The van der Waals surface area contributed by atoms with Crippen molar-refractivity contribution in [3.05, 3.63) is 42.0 Å². The van der Waals surface area contributed by atoms with Gasteiger partial charge in [0, 0.05) is 18.0 Å². The summed E-state index contributed by atoms with van der Waals surface area (Å²) in [7, 11) is 1.66. The molecule has 1 aromatic carbocycles. The lowest BCUT2D eigenvalue weighted by Gasteiger charge is -2.10.